The van der Waals surface area contributed by atoms with E-state index in [2.05, 4.69) is 5.32 Å². The lowest BCUT2D eigenvalue weighted by Crippen LogP contribution is -2.38. The van der Waals surface area contributed by atoms with E-state index in [1.54, 1.807) is 18.2 Å². The summed E-state index contributed by atoms with van der Waals surface area (Å²) >= 11 is 0. The molecule has 0 bridgehead atoms. The molecule has 1 fully saturated rings. The molecule has 1 aliphatic rings. The molecule has 0 aliphatic heterocycles. The van der Waals surface area contributed by atoms with Crippen LogP contribution in [0.2, 0.25) is 0 Å². The maximum absolute atomic E-state index is 12.3. The van der Waals surface area contributed by atoms with Crippen molar-refractivity contribution in [1.82, 2.24) is 5.32 Å². The van der Waals surface area contributed by atoms with Crippen LogP contribution >= 0.6 is 0 Å². The molecule has 1 aromatic carbocycles. The van der Waals surface area contributed by atoms with Crippen LogP contribution in [0.25, 0.3) is 11.0 Å². The van der Waals surface area contributed by atoms with Gasteiger partial charge < -0.3 is 19.6 Å². The largest absolute Gasteiger partial charge is 0.493 e. The van der Waals surface area contributed by atoms with Crippen molar-refractivity contribution in [2.24, 2.45) is 5.92 Å². The summed E-state index contributed by atoms with van der Waals surface area (Å²) in [6.07, 6.45) is 4.82. The lowest BCUT2D eigenvalue weighted by molar-refractivity contribution is 0.0736. The maximum atomic E-state index is 12.3. The minimum Gasteiger partial charge on any atom is -0.493 e. The highest BCUT2D eigenvalue weighted by Gasteiger charge is 2.23. The first-order valence-corrected chi connectivity index (χ1v) is 8.67. The van der Waals surface area contributed by atoms with Crippen LogP contribution in [0.3, 0.4) is 0 Å². The summed E-state index contributed by atoms with van der Waals surface area (Å²) in [6, 6.07) is 6.68. The van der Waals surface area contributed by atoms with E-state index in [1.165, 1.54) is 19.6 Å². The van der Waals surface area contributed by atoms with Crippen LogP contribution in [0.5, 0.6) is 5.75 Å². The zero-order valence-electron chi connectivity index (χ0n) is 14.3. The fourth-order valence-electron chi connectivity index (χ4n) is 3.41. The highest BCUT2D eigenvalue weighted by atomic mass is 16.5. The molecule has 1 aliphatic carbocycles. The standard InChI is InChI=1S/C19H23NO5/c1-24-16-9-5-8-13-10-14(19(23)25-17(13)16)18(22)20-11-15(21)12-6-3-2-4-7-12/h5,8-10,12,15,21H,2-4,6-7,11H2,1H3,(H,20,22). The number of para-hydroxylation sites is 1. The summed E-state index contributed by atoms with van der Waals surface area (Å²) in [6.45, 7) is 0.138. The number of amides is 1. The Morgan fingerprint density at radius 3 is 2.84 bits per heavy atom. The van der Waals surface area contributed by atoms with Crippen LogP contribution in [-0.4, -0.2) is 30.8 Å². The third kappa shape index (κ3) is 3.85. The normalized spacial score (nSPS) is 16.6. The van der Waals surface area contributed by atoms with Crippen LogP contribution in [0, 0.1) is 5.92 Å². The molecule has 0 radical (unpaired) electrons. The number of aliphatic hydroxyl groups excluding tert-OH is 1. The fraction of sp³-hybridized carbons (Fsp3) is 0.474. The average Bonchev–Trinajstić information content (AvgIpc) is 2.65. The Kier molecular flexibility index (Phi) is 5.38. The van der Waals surface area contributed by atoms with Crippen molar-refractivity contribution in [3.05, 3.63) is 40.2 Å². The van der Waals surface area contributed by atoms with Gasteiger partial charge in [0, 0.05) is 11.9 Å². The Hall–Kier alpha value is -2.34. The summed E-state index contributed by atoms with van der Waals surface area (Å²) in [7, 11) is 1.49. The molecule has 6 nitrogen and oxygen atoms in total. The molecule has 2 aromatic rings. The summed E-state index contributed by atoms with van der Waals surface area (Å²) in [4.78, 5) is 24.5. The van der Waals surface area contributed by atoms with E-state index in [-0.39, 0.29) is 18.0 Å². The zero-order valence-corrected chi connectivity index (χ0v) is 14.3. The molecule has 1 aromatic heterocycles. The molecular formula is C19H23NO5. The smallest absolute Gasteiger partial charge is 0.349 e. The minimum absolute atomic E-state index is 0.0726. The number of carbonyl (C=O) groups excluding carboxylic acids is 1. The van der Waals surface area contributed by atoms with Crippen molar-refractivity contribution >= 4 is 16.9 Å². The van der Waals surface area contributed by atoms with Gasteiger partial charge in [-0.3, -0.25) is 4.79 Å². The molecule has 0 spiro atoms. The quantitative estimate of drug-likeness (QED) is 0.813. The van der Waals surface area contributed by atoms with Gasteiger partial charge in [-0.25, -0.2) is 4.79 Å². The number of ether oxygens (including phenoxy) is 1. The van der Waals surface area contributed by atoms with Crippen molar-refractivity contribution in [2.45, 2.75) is 38.2 Å². The summed E-state index contributed by atoms with van der Waals surface area (Å²) in [5.74, 6) is 0.119. The predicted octanol–water partition coefficient (Wildman–Crippen LogP) is 2.47. The number of nitrogens with one attached hydrogen (secondary N) is 1. The molecule has 3 rings (SSSR count). The van der Waals surface area contributed by atoms with Crippen molar-refractivity contribution < 1.29 is 19.1 Å². The van der Waals surface area contributed by atoms with Gasteiger partial charge in [0.2, 0.25) is 0 Å². The highest BCUT2D eigenvalue weighted by Crippen LogP contribution is 2.26. The fourth-order valence-corrected chi connectivity index (χ4v) is 3.41. The molecule has 1 saturated carbocycles. The number of benzene rings is 1. The highest BCUT2D eigenvalue weighted by molar-refractivity contribution is 5.97. The molecule has 1 atom stereocenters. The first kappa shape index (κ1) is 17.5. The molecule has 1 heterocycles. The lowest BCUT2D eigenvalue weighted by atomic mass is 9.85. The van der Waals surface area contributed by atoms with Gasteiger partial charge in [0.05, 0.1) is 13.2 Å². The summed E-state index contributed by atoms with van der Waals surface area (Å²) in [5, 5.41) is 13.5. The predicted molar refractivity (Wildman–Crippen MR) is 94.0 cm³/mol. The van der Waals surface area contributed by atoms with Gasteiger partial charge in [0.1, 0.15) is 5.56 Å². The van der Waals surface area contributed by atoms with Crippen molar-refractivity contribution in [3.63, 3.8) is 0 Å². The van der Waals surface area contributed by atoms with E-state index in [9.17, 15) is 14.7 Å². The third-order valence-electron chi connectivity index (χ3n) is 4.85. The van der Waals surface area contributed by atoms with Crippen molar-refractivity contribution in [3.8, 4) is 5.75 Å². The van der Waals surface area contributed by atoms with Crippen LogP contribution < -0.4 is 15.7 Å². The monoisotopic (exact) mass is 345 g/mol. The van der Waals surface area contributed by atoms with Gasteiger partial charge in [-0.2, -0.15) is 0 Å². The van der Waals surface area contributed by atoms with Crippen LogP contribution in [0.4, 0.5) is 0 Å². The Bertz CT molecular complexity index is 807. The van der Waals surface area contributed by atoms with Gasteiger partial charge in [0.25, 0.3) is 5.91 Å². The molecule has 6 heteroatoms. The first-order chi connectivity index (χ1) is 12.1. The molecular weight excluding hydrogens is 322 g/mol. The Labute approximate surface area is 145 Å². The van der Waals surface area contributed by atoms with Crippen LogP contribution in [0.15, 0.2) is 33.5 Å². The second kappa shape index (κ2) is 7.70. The molecule has 25 heavy (non-hydrogen) atoms. The number of hydrogen-bond donors (Lipinski definition) is 2. The molecule has 1 amide bonds. The Morgan fingerprint density at radius 2 is 2.12 bits per heavy atom. The van der Waals surface area contributed by atoms with Gasteiger partial charge >= 0.3 is 5.63 Å². The van der Waals surface area contributed by atoms with Gasteiger partial charge in [0.15, 0.2) is 11.3 Å². The van der Waals surface area contributed by atoms with Crippen molar-refractivity contribution in [1.29, 1.82) is 0 Å². The second-order valence-electron chi connectivity index (χ2n) is 6.50. The Balaban J connectivity index is 1.73. The number of methoxy groups -OCH3 is 1. The number of aliphatic hydroxyl groups is 1. The SMILES string of the molecule is COc1cccc2cc(C(=O)NCC(O)C3CCCCC3)c(=O)oc12. The number of rotatable bonds is 5. The topological polar surface area (TPSA) is 88.8 Å². The van der Waals surface area contributed by atoms with Gasteiger partial charge in [-0.15, -0.1) is 0 Å². The number of carbonyl (C=O) groups is 1. The zero-order chi connectivity index (χ0) is 17.8. The lowest BCUT2D eigenvalue weighted by Gasteiger charge is -2.26. The molecule has 134 valence electrons. The number of hydrogen-bond acceptors (Lipinski definition) is 5. The van der Waals surface area contributed by atoms with Crippen LogP contribution in [-0.2, 0) is 0 Å². The van der Waals surface area contributed by atoms with Gasteiger partial charge in [-0.05, 0) is 30.9 Å². The van der Waals surface area contributed by atoms with E-state index >= 15 is 0 Å². The summed E-state index contributed by atoms with van der Waals surface area (Å²) in [5.41, 5.74) is -0.480. The summed E-state index contributed by atoms with van der Waals surface area (Å²) < 4.78 is 10.4. The molecule has 0 saturated heterocycles. The Morgan fingerprint density at radius 1 is 1.36 bits per heavy atom. The second-order valence-corrected chi connectivity index (χ2v) is 6.50. The van der Waals surface area contributed by atoms with E-state index in [0.29, 0.717) is 16.7 Å². The third-order valence-corrected chi connectivity index (χ3v) is 4.85. The average molecular weight is 345 g/mol. The van der Waals surface area contributed by atoms with E-state index < -0.39 is 17.6 Å². The first-order valence-electron chi connectivity index (χ1n) is 8.67. The van der Waals surface area contributed by atoms with Crippen LogP contribution in [0.1, 0.15) is 42.5 Å². The number of fused-ring (bicyclic) bond motifs is 1. The maximum Gasteiger partial charge on any atom is 0.349 e. The minimum atomic E-state index is -0.721. The van der Waals surface area contributed by atoms with E-state index in [1.807, 2.05) is 0 Å². The van der Waals surface area contributed by atoms with E-state index in [0.717, 1.165) is 25.7 Å². The molecule has 2 N–H and O–H groups in total. The van der Waals surface area contributed by atoms with E-state index in [4.69, 9.17) is 9.15 Å². The molecule has 1 unspecified atom stereocenters. The van der Waals surface area contributed by atoms with Crippen molar-refractivity contribution in [2.75, 3.05) is 13.7 Å². The van der Waals surface area contributed by atoms with Gasteiger partial charge in [-0.1, -0.05) is 31.4 Å².